The summed E-state index contributed by atoms with van der Waals surface area (Å²) in [6, 6.07) is 10.1. The van der Waals surface area contributed by atoms with Gasteiger partial charge in [-0.25, -0.2) is 9.97 Å². The van der Waals surface area contributed by atoms with Gasteiger partial charge >= 0.3 is 0 Å². The van der Waals surface area contributed by atoms with Crippen molar-refractivity contribution in [3.8, 4) is 11.5 Å². The Bertz CT molecular complexity index is 807. The number of anilines is 2. The maximum Gasteiger partial charge on any atom is 0.225 e. The lowest BCUT2D eigenvalue weighted by molar-refractivity contribution is 0.407. The van der Waals surface area contributed by atoms with Gasteiger partial charge < -0.3 is 15.1 Å². The van der Waals surface area contributed by atoms with Crippen LogP contribution in [0.3, 0.4) is 0 Å². The second-order valence-corrected chi connectivity index (χ2v) is 7.22. The first kappa shape index (κ1) is 17.0. The van der Waals surface area contributed by atoms with Crippen molar-refractivity contribution >= 4 is 11.8 Å². The van der Waals surface area contributed by atoms with Crippen LogP contribution in [0.2, 0.25) is 0 Å². The highest BCUT2D eigenvalue weighted by Crippen LogP contribution is 2.24. The highest BCUT2D eigenvalue weighted by molar-refractivity contribution is 5.53. The summed E-state index contributed by atoms with van der Waals surface area (Å²) >= 11 is 0. The number of hydrogen-bond acceptors (Lipinski definition) is 6. The Hall–Kier alpha value is -2.89. The first-order valence-electron chi connectivity index (χ1n) is 8.23. The van der Waals surface area contributed by atoms with Crippen molar-refractivity contribution in [2.45, 2.75) is 27.3 Å². The molecule has 3 aromatic rings. The van der Waals surface area contributed by atoms with E-state index in [1.165, 1.54) is 5.56 Å². The molecule has 0 aliphatic rings. The number of aromatic nitrogens is 3. The summed E-state index contributed by atoms with van der Waals surface area (Å²) in [4.78, 5) is 14.8. The van der Waals surface area contributed by atoms with E-state index in [0.717, 1.165) is 24.5 Å². The summed E-state index contributed by atoms with van der Waals surface area (Å²) in [5.41, 5.74) is 8.02. The van der Waals surface area contributed by atoms with Crippen molar-refractivity contribution in [2.24, 2.45) is 5.41 Å². The summed E-state index contributed by atoms with van der Waals surface area (Å²) in [7, 11) is 0. The fraction of sp³-hybridized carbons (Fsp3) is 0.316. The fourth-order valence-electron chi connectivity index (χ4n) is 2.67. The highest BCUT2D eigenvalue weighted by Gasteiger charge is 2.18. The van der Waals surface area contributed by atoms with Crippen molar-refractivity contribution in [2.75, 3.05) is 17.2 Å². The smallest absolute Gasteiger partial charge is 0.225 e. The fourth-order valence-corrected chi connectivity index (χ4v) is 2.67. The van der Waals surface area contributed by atoms with Crippen LogP contribution < -0.4 is 10.6 Å². The van der Waals surface area contributed by atoms with E-state index in [1.807, 2.05) is 18.2 Å². The first-order valence-corrected chi connectivity index (χ1v) is 8.23. The van der Waals surface area contributed by atoms with Crippen molar-refractivity contribution in [3.05, 3.63) is 54.6 Å². The summed E-state index contributed by atoms with van der Waals surface area (Å²) < 4.78 is 5.34. The molecular formula is C19H23N5O. The number of hydrogen-bond donors (Lipinski definition) is 1. The molecule has 0 aliphatic carbocycles. The molecule has 2 aromatic heterocycles. The van der Waals surface area contributed by atoms with Crippen molar-refractivity contribution in [1.29, 1.82) is 0 Å². The van der Waals surface area contributed by atoms with E-state index in [-0.39, 0.29) is 11.4 Å². The van der Waals surface area contributed by atoms with Gasteiger partial charge in [-0.15, -0.1) is 0 Å². The summed E-state index contributed by atoms with van der Waals surface area (Å²) in [5.74, 6) is 1.75. The lowest BCUT2D eigenvalue weighted by Crippen LogP contribution is -2.33. The lowest BCUT2D eigenvalue weighted by Gasteiger charge is -2.31. The number of nitrogens with two attached hydrogens (primary N) is 1. The molecule has 0 bridgehead atoms. The SMILES string of the molecule is CC(C)(C)CN(Cc1ccc(-c2ncco2)cc1)c1ccnc(N)n1. The molecule has 3 rings (SSSR count). The van der Waals surface area contributed by atoms with Crippen LogP contribution in [0, 0.1) is 5.41 Å². The van der Waals surface area contributed by atoms with Gasteiger partial charge in [-0.3, -0.25) is 0 Å². The molecule has 0 amide bonds. The summed E-state index contributed by atoms with van der Waals surface area (Å²) in [5, 5.41) is 0. The molecule has 6 nitrogen and oxygen atoms in total. The number of nitrogen functional groups attached to an aromatic ring is 1. The third kappa shape index (κ3) is 4.56. The van der Waals surface area contributed by atoms with Crippen LogP contribution >= 0.6 is 0 Å². The molecule has 25 heavy (non-hydrogen) atoms. The van der Waals surface area contributed by atoms with Crippen LogP contribution in [-0.4, -0.2) is 21.5 Å². The van der Waals surface area contributed by atoms with Crippen molar-refractivity contribution in [3.63, 3.8) is 0 Å². The van der Waals surface area contributed by atoms with E-state index in [1.54, 1.807) is 18.7 Å². The Morgan fingerprint density at radius 2 is 1.80 bits per heavy atom. The van der Waals surface area contributed by atoms with Gasteiger partial charge in [0.05, 0.1) is 6.20 Å². The van der Waals surface area contributed by atoms with Gasteiger partial charge in [0, 0.05) is 24.8 Å². The highest BCUT2D eigenvalue weighted by atomic mass is 16.3. The lowest BCUT2D eigenvalue weighted by atomic mass is 9.95. The summed E-state index contributed by atoms with van der Waals surface area (Å²) in [6.07, 6.45) is 4.92. The molecule has 0 unspecified atom stereocenters. The van der Waals surface area contributed by atoms with E-state index in [9.17, 15) is 0 Å². The zero-order valence-electron chi connectivity index (χ0n) is 14.8. The number of oxazole rings is 1. The van der Waals surface area contributed by atoms with E-state index in [4.69, 9.17) is 10.2 Å². The molecule has 0 spiro atoms. The molecule has 0 saturated carbocycles. The topological polar surface area (TPSA) is 81.1 Å². The normalized spacial score (nSPS) is 11.5. The molecule has 0 fully saturated rings. The molecule has 0 radical (unpaired) electrons. The molecule has 0 saturated heterocycles. The Morgan fingerprint density at radius 1 is 1.04 bits per heavy atom. The van der Waals surface area contributed by atoms with Gasteiger partial charge in [0.15, 0.2) is 0 Å². The van der Waals surface area contributed by atoms with E-state index < -0.39 is 0 Å². The van der Waals surface area contributed by atoms with Gasteiger partial charge in [0.25, 0.3) is 0 Å². The first-order chi connectivity index (χ1) is 11.9. The minimum absolute atomic E-state index is 0.123. The Kier molecular flexibility index (Phi) is 4.70. The Balaban J connectivity index is 1.82. The summed E-state index contributed by atoms with van der Waals surface area (Å²) in [6.45, 7) is 8.20. The molecular weight excluding hydrogens is 314 g/mol. The van der Waals surface area contributed by atoms with E-state index in [0.29, 0.717) is 5.89 Å². The van der Waals surface area contributed by atoms with Crippen LogP contribution in [-0.2, 0) is 6.54 Å². The van der Waals surface area contributed by atoms with Gasteiger partial charge in [-0.1, -0.05) is 32.9 Å². The van der Waals surface area contributed by atoms with Crippen LogP contribution in [0.15, 0.2) is 53.4 Å². The average molecular weight is 337 g/mol. The number of nitrogens with zero attached hydrogens (tertiary/aromatic N) is 4. The second-order valence-electron chi connectivity index (χ2n) is 7.22. The van der Waals surface area contributed by atoms with E-state index in [2.05, 4.69) is 52.8 Å². The molecule has 2 heterocycles. The molecule has 130 valence electrons. The standard InChI is InChI=1S/C19H23N5O/c1-19(2,3)13-24(16-8-9-22-18(20)23-16)12-14-4-6-15(7-5-14)17-21-10-11-25-17/h4-11H,12-13H2,1-3H3,(H2,20,22,23). The molecule has 6 heteroatoms. The zero-order chi connectivity index (χ0) is 17.9. The maximum absolute atomic E-state index is 5.76. The van der Waals surface area contributed by atoms with Crippen LogP contribution in [0.1, 0.15) is 26.3 Å². The van der Waals surface area contributed by atoms with Crippen LogP contribution in [0.25, 0.3) is 11.5 Å². The Labute approximate surface area is 147 Å². The minimum atomic E-state index is 0.123. The average Bonchev–Trinajstić information content (AvgIpc) is 3.08. The monoisotopic (exact) mass is 337 g/mol. The minimum Gasteiger partial charge on any atom is -0.445 e. The van der Waals surface area contributed by atoms with Crippen LogP contribution in [0.5, 0.6) is 0 Å². The molecule has 1 aromatic carbocycles. The quantitative estimate of drug-likeness (QED) is 0.763. The number of rotatable bonds is 5. The predicted molar refractivity (Wildman–Crippen MR) is 98.9 cm³/mol. The number of benzene rings is 1. The van der Waals surface area contributed by atoms with Gasteiger partial charge in [0.2, 0.25) is 11.8 Å². The third-order valence-corrected chi connectivity index (χ3v) is 3.66. The van der Waals surface area contributed by atoms with Gasteiger partial charge in [-0.2, -0.15) is 4.98 Å². The molecule has 2 N–H and O–H groups in total. The molecule has 0 atom stereocenters. The van der Waals surface area contributed by atoms with Gasteiger partial charge in [-0.05, 0) is 29.2 Å². The molecule has 0 aliphatic heterocycles. The van der Waals surface area contributed by atoms with E-state index >= 15 is 0 Å². The van der Waals surface area contributed by atoms with Crippen molar-refractivity contribution in [1.82, 2.24) is 15.0 Å². The second kappa shape index (κ2) is 6.93. The van der Waals surface area contributed by atoms with Crippen LogP contribution in [0.4, 0.5) is 11.8 Å². The third-order valence-electron chi connectivity index (χ3n) is 3.66. The predicted octanol–water partition coefficient (Wildman–Crippen LogP) is 3.77. The van der Waals surface area contributed by atoms with Crippen molar-refractivity contribution < 1.29 is 4.42 Å². The zero-order valence-corrected chi connectivity index (χ0v) is 14.8. The van der Waals surface area contributed by atoms with Gasteiger partial charge in [0.1, 0.15) is 12.1 Å². The Morgan fingerprint density at radius 3 is 2.40 bits per heavy atom. The largest absolute Gasteiger partial charge is 0.445 e. The maximum atomic E-state index is 5.76.